The van der Waals surface area contributed by atoms with Crippen LogP contribution in [0.2, 0.25) is 0 Å². The molecule has 0 bridgehead atoms. The molecule has 17 heavy (non-hydrogen) atoms. The summed E-state index contributed by atoms with van der Waals surface area (Å²) in [5.41, 5.74) is 0.126. The van der Waals surface area contributed by atoms with Crippen molar-refractivity contribution in [2.24, 2.45) is 0 Å². The average Bonchev–Trinajstić information content (AvgIpc) is 2.78. The topological polar surface area (TPSA) is 28.7 Å². The first-order valence-electron chi connectivity index (χ1n) is 4.78. The van der Waals surface area contributed by atoms with Gasteiger partial charge in [0.1, 0.15) is 5.69 Å². The van der Waals surface area contributed by atoms with E-state index in [0.29, 0.717) is 11.3 Å². The van der Waals surface area contributed by atoms with Crippen molar-refractivity contribution in [1.29, 1.82) is 0 Å². The summed E-state index contributed by atoms with van der Waals surface area (Å²) in [7, 11) is 0. The molecule has 0 saturated carbocycles. The van der Waals surface area contributed by atoms with Gasteiger partial charge in [-0.05, 0) is 24.5 Å². The molecule has 1 aromatic heterocycles. The summed E-state index contributed by atoms with van der Waals surface area (Å²) in [6, 6.07) is 8.21. The van der Waals surface area contributed by atoms with E-state index in [1.807, 2.05) is 23.5 Å². The average molecular weight is 258 g/mol. The number of benzene rings is 1. The van der Waals surface area contributed by atoms with E-state index in [1.165, 1.54) is 0 Å². The van der Waals surface area contributed by atoms with Gasteiger partial charge < -0.3 is 0 Å². The molecule has 0 aliphatic carbocycles. The molecule has 0 amide bonds. The Balaban J connectivity index is 2.30. The maximum Gasteiger partial charge on any atom is 0.432 e. The Morgan fingerprint density at radius 3 is 2.29 bits per heavy atom. The summed E-state index contributed by atoms with van der Waals surface area (Å²) in [5, 5.41) is 5.65. The van der Waals surface area contributed by atoms with Gasteiger partial charge in [0.05, 0.1) is 5.69 Å². The third kappa shape index (κ3) is 2.63. The summed E-state index contributed by atoms with van der Waals surface area (Å²) in [4.78, 5) is 1.06. The molecule has 2 rings (SSSR count). The molecule has 2 aromatic rings. The number of thioether (sulfide) groups is 1. The Morgan fingerprint density at radius 2 is 1.82 bits per heavy atom. The van der Waals surface area contributed by atoms with Crippen molar-refractivity contribution in [3.05, 3.63) is 36.0 Å². The number of nitrogens with zero attached hydrogens (tertiary/aromatic N) is 1. The number of halogens is 3. The van der Waals surface area contributed by atoms with Gasteiger partial charge in [0.25, 0.3) is 0 Å². The fourth-order valence-corrected chi connectivity index (χ4v) is 1.78. The lowest BCUT2D eigenvalue weighted by molar-refractivity contribution is -0.141. The van der Waals surface area contributed by atoms with E-state index in [4.69, 9.17) is 0 Å². The zero-order valence-corrected chi connectivity index (χ0v) is 9.69. The first-order valence-corrected chi connectivity index (χ1v) is 6.00. The first-order chi connectivity index (χ1) is 8.00. The van der Waals surface area contributed by atoms with Crippen molar-refractivity contribution in [1.82, 2.24) is 10.2 Å². The number of aromatic nitrogens is 2. The second-order valence-corrected chi connectivity index (χ2v) is 4.27. The minimum atomic E-state index is -4.38. The van der Waals surface area contributed by atoms with Crippen LogP contribution in [0.1, 0.15) is 5.69 Å². The molecule has 0 unspecified atom stereocenters. The van der Waals surface area contributed by atoms with Gasteiger partial charge in [0.2, 0.25) is 0 Å². The molecule has 0 atom stereocenters. The molecule has 0 fully saturated rings. The summed E-state index contributed by atoms with van der Waals surface area (Å²) < 4.78 is 37.1. The quantitative estimate of drug-likeness (QED) is 0.829. The van der Waals surface area contributed by atoms with Gasteiger partial charge in [0, 0.05) is 10.5 Å². The second-order valence-electron chi connectivity index (χ2n) is 3.39. The lowest BCUT2D eigenvalue weighted by Crippen LogP contribution is -2.04. The zero-order chi connectivity index (χ0) is 12.5. The highest BCUT2D eigenvalue weighted by molar-refractivity contribution is 7.98. The maximum atomic E-state index is 12.4. The van der Waals surface area contributed by atoms with Gasteiger partial charge in [0.15, 0.2) is 0 Å². The van der Waals surface area contributed by atoms with E-state index in [1.54, 1.807) is 23.9 Å². The Hall–Kier alpha value is -1.43. The van der Waals surface area contributed by atoms with Crippen LogP contribution in [-0.2, 0) is 6.18 Å². The molecule has 6 heteroatoms. The van der Waals surface area contributed by atoms with Gasteiger partial charge in [-0.2, -0.15) is 18.3 Å². The lowest BCUT2D eigenvalue weighted by atomic mass is 10.1. The van der Waals surface area contributed by atoms with E-state index < -0.39 is 11.9 Å². The molecule has 0 spiro atoms. The minimum Gasteiger partial charge on any atom is -0.273 e. The van der Waals surface area contributed by atoms with Crippen molar-refractivity contribution < 1.29 is 13.2 Å². The third-order valence-corrected chi connectivity index (χ3v) is 3.01. The van der Waals surface area contributed by atoms with E-state index in [-0.39, 0.29) is 0 Å². The predicted octanol–water partition coefficient (Wildman–Crippen LogP) is 3.82. The van der Waals surface area contributed by atoms with Crippen molar-refractivity contribution in [3.63, 3.8) is 0 Å². The van der Waals surface area contributed by atoms with E-state index >= 15 is 0 Å². The summed E-state index contributed by atoms with van der Waals surface area (Å²) in [6.45, 7) is 0. The Labute approximate surface area is 100 Å². The summed E-state index contributed by atoms with van der Waals surface area (Å²) in [6.07, 6.45) is -2.45. The number of hydrogen-bond donors (Lipinski definition) is 1. The lowest BCUT2D eigenvalue weighted by Gasteiger charge is -2.00. The Bertz CT molecular complexity index is 502. The van der Waals surface area contributed by atoms with Crippen LogP contribution in [-0.4, -0.2) is 16.5 Å². The van der Waals surface area contributed by atoms with E-state index in [0.717, 1.165) is 11.0 Å². The second kappa shape index (κ2) is 4.44. The SMILES string of the molecule is CSc1ccc(-c2cc(C(F)(F)F)[nH]n2)cc1. The molecule has 2 nitrogen and oxygen atoms in total. The van der Waals surface area contributed by atoms with E-state index in [9.17, 15) is 13.2 Å². The molecule has 1 N–H and O–H groups in total. The highest BCUT2D eigenvalue weighted by Crippen LogP contribution is 2.30. The van der Waals surface area contributed by atoms with Crippen LogP contribution >= 0.6 is 11.8 Å². The molecule has 90 valence electrons. The molecular formula is C11H9F3N2S. The number of alkyl halides is 3. The highest BCUT2D eigenvalue weighted by atomic mass is 32.2. The van der Waals surface area contributed by atoms with Crippen molar-refractivity contribution in [3.8, 4) is 11.3 Å². The number of hydrogen-bond acceptors (Lipinski definition) is 2. The molecule has 0 aliphatic heterocycles. The highest BCUT2D eigenvalue weighted by Gasteiger charge is 2.33. The molecule has 0 saturated heterocycles. The van der Waals surface area contributed by atoms with Gasteiger partial charge in [-0.25, -0.2) is 0 Å². The summed E-state index contributed by atoms with van der Waals surface area (Å²) >= 11 is 1.57. The molecule has 0 aliphatic rings. The number of rotatable bonds is 2. The third-order valence-electron chi connectivity index (χ3n) is 2.27. The largest absolute Gasteiger partial charge is 0.432 e. The molecule has 0 radical (unpaired) electrons. The number of aromatic amines is 1. The summed E-state index contributed by atoms with van der Waals surface area (Å²) in [5.74, 6) is 0. The van der Waals surface area contributed by atoms with Crippen LogP contribution in [0.5, 0.6) is 0 Å². The minimum absolute atomic E-state index is 0.296. The maximum absolute atomic E-state index is 12.4. The van der Waals surface area contributed by atoms with Gasteiger partial charge in [-0.15, -0.1) is 11.8 Å². The van der Waals surface area contributed by atoms with Crippen LogP contribution in [0.15, 0.2) is 35.2 Å². The number of H-pyrrole nitrogens is 1. The van der Waals surface area contributed by atoms with Crippen molar-refractivity contribution in [2.45, 2.75) is 11.1 Å². The standard InChI is InChI=1S/C11H9F3N2S/c1-17-8-4-2-7(3-5-8)9-6-10(16-15-9)11(12,13)14/h2-6H,1H3,(H,15,16). The smallest absolute Gasteiger partial charge is 0.273 e. The van der Waals surface area contributed by atoms with Gasteiger partial charge in [-0.1, -0.05) is 12.1 Å². The zero-order valence-electron chi connectivity index (χ0n) is 8.88. The van der Waals surface area contributed by atoms with Crippen LogP contribution in [0.25, 0.3) is 11.3 Å². The van der Waals surface area contributed by atoms with Crippen molar-refractivity contribution in [2.75, 3.05) is 6.26 Å². The van der Waals surface area contributed by atoms with Crippen LogP contribution in [0.3, 0.4) is 0 Å². The molecule has 1 heterocycles. The van der Waals surface area contributed by atoms with Crippen molar-refractivity contribution >= 4 is 11.8 Å². The van der Waals surface area contributed by atoms with Crippen LogP contribution in [0.4, 0.5) is 13.2 Å². The first kappa shape index (κ1) is 12.0. The van der Waals surface area contributed by atoms with Crippen LogP contribution in [0, 0.1) is 0 Å². The van der Waals surface area contributed by atoms with E-state index in [2.05, 4.69) is 5.10 Å². The number of nitrogens with one attached hydrogen (secondary N) is 1. The normalized spacial score (nSPS) is 11.8. The fourth-order valence-electron chi connectivity index (χ4n) is 1.38. The molecular weight excluding hydrogens is 249 g/mol. The molecule has 1 aromatic carbocycles. The van der Waals surface area contributed by atoms with Crippen LogP contribution < -0.4 is 0 Å². The fraction of sp³-hybridized carbons (Fsp3) is 0.182. The Kier molecular flexibility index (Phi) is 3.15. The predicted molar refractivity (Wildman–Crippen MR) is 60.8 cm³/mol. The van der Waals surface area contributed by atoms with Gasteiger partial charge in [-0.3, -0.25) is 5.10 Å². The Morgan fingerprint density at radius 1 is 1.18 bits per heavy atom. The monoisotopic (exact) mass is 258 g/mol. The van der Waals surface area contributed by atoms with Gasteiger partial charge >= 0.3 is 6.18 Å².